The number of allylic oxidation sites excluding steroid dienone is 2. The zero-order valence-corrected chi connectivity index (χ0v) is 27.4. The Hall–Kier alpha value is -6.31. The predicted octanol–water partition coefficient (Wildman–Crippen LogP) is 5.33. The molecule has 5 aromatic rings. The van der Waals surface area contributed by atoms with E-state index in [-0.39, 0.29) is 18.5 Å². The number of aryl methyl sites for hydroxylation is 1. The number of carbonyl (C=O) groups excluding carboxylic acids is 2. The second-order valence-corrected chi connectivity index (χ2v) is 13.1. The van der Waals surface area contributed by atoms with Crippen LogP contribution in [0.4, 0.5) is 18.9 Å². The highest BCUT2D eigenvalue weighted by Gasteiger charge is 2.69. The van der Waals surface area contributed by atoms with E-state index in [0.717, 1.165) is 33.3 Å². The molecule has 2 N–H and O–H groups in total. The highest BCUT2D eigenvalue weighted by Crippen LogP contribution is 2.63. The summed E-state index contributed by atoms with van der Waals surface area (Å²) in [7, 11) is 0. The number of rotatable bonds is 6. The van der Waals surface area contributed by atoms with Crippen molar-refractivity contribution in [2.24, 2.45) is 5.92 Å². The topological polar surface area (TPSA) is 128 Å². The smallest absolute Gasteiger partial charge is 0.508 e. The molecule has 0 spiro atoms. The van der Waals surface area contributed by atoms with Gasteiger partial charge in [-0.15, -0.1) is 13.2 Å². The molecule has 264 valence electrons. The summed E-state index contributed by atoms with van der Waals surface area (Å²) in [5, 5.41) is 12.4. The minimum absolute atomic E-state index is 0.128. The molecule has 1 aromatic heterocycles. The fraction of sp³-hybridized carbons (Fsp3) is 0.211. The van der Waals surface area contributed by atoms with Crippen LogP contribution in [0.15, 0.2) is 124 Å². The average molecular weight is 710 g/mol. The molecule has 8 rings (SSSR count). The lowest BCUT2D eigenvalue weighted by atomic mass is 9.53. The summed E-state index contributed by atoms with van der Waals surface area (Å²) < 4.78 is 48.4. The fourth-order valence-corrected chi connectivity index (χ4v) is 8.11. The first kappa shape index (κ1) is 32.9. The minimum Gasteiger partial charge on any atom is -0.508 e. The molecule has 4 atom stereocenters. The number of halogens is 3. The Kier molecular flexibility index (Phi) is 7.52. The van der Waals surface area contributed by atoms with Gasteiger partial charge in [-0.05, 0) is 66.9 Å². The number of alkyl halides is 3. The molecule has 1 aliphatic carbocycles. The van der Waals surface area contributed by atoms with Gasteiger partial charge in [0.15, 0.2) is 0 Å². The van der Waals surface area contributed by atoms with Crippen LogP contribution < -0.4 is 21.5 Å². The molecule has 0 bridgehead atoms. The third-order valence-corrected chi connectivity index (χ3v) is 10.2. The average Bonchev–Trinajstić information content (AvgIpc) is 3.51. The highest BCUT2D eigenvalue weighted by atomic mass is 19.4. The van der Waals surface area contributed by atoms with E-state index in [1.807, 2.05) is 6.92 Å². The van der Waals surface area contributed by atoms with Gasteiger partial charge in [0.05, 0.1) is 35.3 Å². The number of fused-ring (bicyclic) bond motifs is 4. The van der Waals surface area contributed by atoms with Gasteiger partial charge in [0.25, 0.3) is 11.8 Å². The molecule has 11 nitrogen and oxygen atoms in total. The van der Waals surface area contributed by atoms with E-state index in [2.05, 4.69) is 10.2 Å². The van der Waals surface area contributed by atoms with Crippen LogP contribution in [0.5, 0.6) is 11.5 Å². The third-order valence-electron chi connectivity index (χ3n) is 10.2. The number of aromatic hydroxyl groups is 1. The quantitative estimate of drug-likeness (QED) is 0.180. The number of nitrogens with one attached hydrogen (secondary N) is 1. The number of amides is 2. The lowest BCUT2D eigenvalue weighted by molar-refractivity contribution is -0.274. The van der Waals surface area contributed by atoms with Crippen molar-refractivity contribution in [1.29, 1.82) is 0 Å². The van der Waals surface area contributed by atoms with Crippen molar-refractivity contribution in [2.45, 2.75) is 43.6 Å². The second kappa shape index (κ2) is 11.9. The normalized spacial score (nSPS) is 22.3. The van der Waals surface area contributed by atoms with E-state index in [4.69, 9.17) is 0 Å². The summed E-state index contributed by atoms with van der Waals surface area (Å²) in [6.45, 7) is 1.74. The summed E-state index contributed by atoms with van der Waals surface area (Å²) in [5.74, 6) is -5.03. The maximum absolute atomic E-state index is 15.2. The fourth-order valence-electron chi connectivity index (χ4n) is 8.11. The molecule has 2 amide bonds. The molecule has 14 heteroatoms. The number of imide groups is 1. The Morgan fingerprint density at radius 1 is 0.865 bits per heavy atom. The summed E-state index contributed by atoms with van der Waals surface area (Å²) in [4.78, 5) is 57.9. The van der Waals surface area contributed by atoms with E-state index in [0.29, 0.717) is 22.5 Å². The van der Waals surface area contributed by atoms with Crippen LogP contribution in [-0.2, 0) is 21.5 Å². The van der Waals surface area contributed by atoms with Gasteiger partial charge in [-0.25, -0.2) is 23.5 Å². The number of aromatic nitrogens is 3. The molecule has 2 fully saturated rings. The van der Waals surface area contributed by atoms with Gasteiger partial charge in [-0.3, -0.25) is 15.0 Å². The van der Waals surface area contributed by atoms with Crippen molar-refractivity contribution >= 4 is 17.5 Å². The summed E-state index contributed by atoms with van der Waals surface area (Å²) in [6.07, 6.45) is -3.56. The Morgan fingerprint density at radius 2 is 1.54 bits per heavy atom. The number of hydrogen-bond donors (Lipinski definition) is 2. The van der Waals surface area contributed by atoms with E-state index in [1.54, 1.807) is 91.0 Å². The van der Waals surface area contributed by atoms with Crippen molar-refractivity contribution in [3.8, 4) is 17.2 Å². The van der Waals surface area contributed by atoms with Crippen molar-refractivity contribution in [1.82, 2.24) is 18.9 Å². The molecule has 4 unspecified atom stereocenters. The summed E-state index contributed by atoms with van der Waals surface area (Å²) in [6, 6.07) is 25.6. The lowest BCUT2D eigenvalue weighted by Gasteiger charge is -2.49. The second-order valence-electron chi connectivity index (χ2n) is 13.1. The van der Waals surface area contributed by atoms with Crippen LogP contribution in [0.3, 0.4) is 0 Å². The molecule has 1 saturated heterocycles. The van der Waals surface area contributed by atoms with Crippen LogP contribution in [0, 0.1) is 12.8 Å². The molecule has 3 heterocycles. The van der Waals surface area contributed by atoms with Crippen LogP contribution in [0.1, 0.15) is 35.1 Å². The first-order chi connectivity index (χ1) is 24.9. The monoisotopic (exact) mass is 709 g/mol. The predicted molar refractivity (Wildman–Crippen MR) is 182 cm³/mol. The van der Waals surface area contributed by atoms with Crippen LogP contribution >= 0.6 is 0 Å². The zero-order valence-electron chi connectivity index (χ0n) is 27.4. The number of phenols is 1. The van der Waals surface area contributed by atoms with Gasteiger partial charge in [0.1, 0.15) is 11.5 Å². The highest BCUT2D eigenvalue weighted by molar-refractivity contribution is 6.12. The van der Waals surface area contributed by atoms with Gasteiger partial charge in [0, 0.05) is 11.5 Å². The maximum atomic E-state index is 15.2. The number of phenolic OH excluding ortho intramolecular Hbond substituents is 1. The largest absolute Gasteiger partial charge is 0.573 e. The van der Waals surface area contributed by atoms with Crippen molar-refractivity contribution < 1.29 is 32.6 Å². The number of benzene rings is 4. The van der Waals surface area contributed by atoms with Gasteiger partial charge in [0.2, 0.25) is 0 Å². The van der Waals surface area contributed by atoms with Gasteiger partial charge in [-0.2, -0.15) is 5.01 Å². The number of para-hydroxylation sites is 1. The Bertz CT molecular complexity index is 2380. The van der Waals surface area contributed by atoms with E-state index >= 15 is 4.79 Å². The van der Waals surface area contributed by atoms with Crippen LogP contribution in [-0.4, -0.2) is 42.2 Å². The number of nitrogens with zero attached hydrogens (tertiary/aromatic N) is 4. The van der Waals surface area contributed by atoms with Crippen molar-refractivity contribution in [2.75, 3.05) is 5.43 Å². The van der Waals surface area contributed by atoms with Gasteiger partial charge >= 0.3 is 17.7 Å². The van der Waals surface area contributed by atoms with E-state index < -0.39 is 64.3 Å². The summed E-state index contributed by atoms with van der Waals surface area (Å²) in [5.41, 5.74) is 2.05. The number of anilines is 1. The molecule has 0 radical (unpaired) electrons. The molecule has 4 aromatic carbocycles. The van der Waals surface area contributed by atoms with Crippen molar-refractivity contribution in [3.05, 3.63) is 152 Å². The molecule has 3 aliphatic rings. The van der Waals surface area contributed by atoms with Gasteiger partial charge < -0.3 is 9.84 Å². The molecular formula is C38H30F3N5O6. The number of ether oxygens (including phenoxy) is 1. The SMILES string of the molecule is Cc1ccc(NN2C(=O)C3CC4C(=CCn5c(=O)n(-c6ccccc6)c(=O)n54)C(c4cc(OC(F)(F)F)ccc4O)C3(c3ccccc3)C2=O)cc1. The molecule has 1 saturated carbocycles. The number of carbonyl (C=O) groups is 2. The van der Waals surface area contributed by atoms with Crippen LogP contribution in [0.25, 0.3) is 5.69 Å². The van der Waals surface area contributed by atoms with E-state index in [9.17, 15) is 32.7 Å². The van der Waals surface area contributed by atoms with Gasteiger partial charge in [-0.1, -0.05) is 72.3 Å². The third kappa shape index (κ3) is 4.96. The Morgan fingerprint density at radius 3 is 2.21 bits per heavy atom. The standard InChI is InChI=1S/C38H30F3N5O6/c1-22-12-14-24(15-13-22)42-45-33(48)29-21-30-27(18-19-43-35(50)44(36(51)46(30)43)25-10-6-3-7-11-25)32(37(29,34(45)49)23-8-4-2-5-9-23)28-20-26(16-17-31(28)47)52-38(39,40)41/h2-18,20,29-30,32,42,47H,19,21H2,1H3. The van der Waals surface area contributed by atoms with Crippen molar-refractivity contribution in [3.63, 3.8) is 0 Å². The lowest BCUT2D eigenvalue weighted by Crippen LogP contribution is -2.53. The maximum Gasteiger partial charge on any atom is 0.573 e. The summed E-state index contributed by atoms with van der Waals surface area (Å²) >= 11 is 0. The Balaban J connectivity index is 1.39. The minimum atomic E-state index is -5.08. The first-order valence-corrected chi connectivity index (χ1v) is 16.5. The Labute approximate surface area is 293 Å². The van der Waals surface area contributed by atoms with Crippen LogP contribution in [0.2, 0.25) is 0 Å². The molecular weight excluding hydrogens is 679 g/mol. The number of hydrazine groups is 1. The first-order valence-electron chi connectivity index (χ1n) is 16.5. The molecule has 52 heavy (non-hydrogen) atoms. The number of hydrogen-bond acceptors (Lipinski definition) is 7. The molecule has 2 aliphatic heterocycles. The van der Waals surface area contributed by atoms with E-state index in [1.165, 1.54) is 9.36 Å². The zero-order chi connectivity index (χ0) is 36.5.